The van der Waals surface area contributed by atoms with E-state index in [0.717, 1.165) is 17.5 Å². The maximum absolute atomic E-state index is 5.93. The Hall–Kier alpha value is -0.500. The fourth-order valence-corrected chi connectivity index (χ4v) is 2.67. The predicted octanol–water partition coefficient (Wildman–Crippen LogP) is 3.73. The Morgan fingerprint density at radius 1 is 1.43 bits per heavy atom. The molecule has 1 atom stereocenters. The second-order valence-corrected chi connectivity index (χ2v) is 5.10. The van der Waals surface area contributed by atoms with E-state index >= 15 is 0 Å². The van der Waals surface area contributed by atoms with Gasteiger partial charge in [0.2, 0.25) is 0 Å². The lowest BCUT2D eigenvalue weighted by molar-refractivity contribution is 0.0755. The molecule has 2 rings (SSSR count). The number of halogens is 1. The van der Waals surface area contributed by atoms with E-state index in [1.54, 1.807) is 0 Å². The number of hydrogen-bond donors (Lipinski definition) is 0. The zero-order valence-electron chi connectivity index (χ0n) is 8.59. The van der Waals surface area contributed by atoms with Crippen molar-refractivity contribution in [2.45, 2.75) is 31.8 Å². The molecule has 0 spiro atoms. The first-order chi connectivity index (χ1) is 6.62. The molecule has 1 aliphatic rings. The summed E-state index contributed by atoms with van der Waals surface area (Å²) in [6, 6.07) is 8.34. The molecule has 0 saturated carbocycles. The third kappa shape index (κ3) is 1.81. The first-order valence-electron chi connectivity index (χ1n) is 4.96. The quantitative estimate of drug-likeness (QED) is 0.695. The minimum atomic E-state index is -0.0349. The molecule has 0 amide bonds. The Bertz CT molecular complexity index is 333. The highest BCUT2D eigenvalue weighted by molar-refractivity contribution is 9.09. The van der Waals surface area contributed by atoms with Crippen LogP contribution >= 0.6 is 15.9 Å². The Morgan fingerprint density at radius 2 is 2.14 bits per heavy atom. The number of fused-ring (bicyclic) bond motifs is 1. The van der Waals surface area contributed by atoms with Gasteiger partial charge in [-0.25, -0.2) is 0 Å². The third-order valence-electron chi connectivity index (χ3n) is 2.67. The lowest BCUT2D eigenvalue weighted by Crippen LogP contribution is -2.35. The first-order valence-corrected chi connectivity index (χ1v) is 6.08. The van der Waals surface area contributed by atoms with Gasteiger partial charge in [-0.1, -0.05) is 34.1 Å². The van der Waals surface area contributed by atoms with Crippen LogP contribution in [0.3, 0.4) is 0 Å². The second-order valence-electron chi connectivity index (χ2n) is 4.45. The molecule has 76 valence electrons. The van der Waals surface area contributed by atoms with E-state index in [0.29, 0.717) is 5.92 Å². The summed E-state index contributed by atoms with van der Waals surface area (Å²) < 4.78 is 5.93. The van der Waals surface area contributed by atoms with Gasteiger partial charge in [-0.05, 0) is 31.9 Å². The normalized spacial score (nSPS) is 23.8. The smallest absolute Gasteiger partial charge is 0.123 e. The van der Waals surface area contributed by atoms with Gasteiger partial charge in [-0.15, -0.1) is 0 Å². The number of alkyl halides is 1. The monoisotopic (exact) mass is 254 g/mol. The Morgan fingerprint density at radius 3 is 2.86 bits per heavy atom. The Labute approximate surface area is 93.6 Å². The molecule has 1 unspecified atom stereocenters. The summed E-state index contributed by atoms with van der Waals surface area (Å²) >= 11 is 3.58. The number of ether oxygens (including phenoxy) is 1. The number of para-hydroxylation sites is 1. The third-order valence-corrected chi connectivity index (χ3v) is 3.45. The number of hydrogen-bond acceptors (Lipinski definition) is 1. The lowest BCUT2D eigenvalue weighted by atomic mass is 9.86. The minimum absolute atomic E-state index is 0.0349. The molecule has 2 heteroatoms. The number of rotatable bonds is 1. The van der Waals surface area contributed by atoms with Crippen molar-refractivity contribution < 1.29 is 4.74 Å². The fraction of sp³-hybridized carbons (Fsp3) is 0.500. The van der Waals surface area contributed by atoms with Gasteiger partial charge < -0.3 is 4.74 Å². The number of benzene rings is 1. The van der Waals surface area contributed by atoms with Crippen LogP contribution in [0.25, 0.3) is 0 Å². The molecule has 14 heavy (non-hydrogen) atoms. The predicted molar refractivity (Wildman–Crippen MR) is 62.3 cm³/mol. The van der Waals surface area contributed by atoms with Crippen LogP contribution in [0.4, 0.5) is 0 Å². The van der Waals surface area contributed by atoms with E-state index in [-0.39, 0.29) is 5.60 Å². The van der Waals surface area contributed by atoms with E-state index in [4.69, 9.17) is 4.74 Å². The molecule has 0 aliphatic carbocycles. The zero-order chi connectivity index (χ0) is 10.2. The van der Waals surface area contributed by atoms with Gasteiger partial charge in [-0.3, -0.25) is 0 Å². The summed E-state index contributed by atoms with van der Waals surface area (Å²) in [6.45, 7) is 4.30. The highest BCUT2D eigenvalue weighted by atomic mass is 79.9. The van der Waals surface area contributed by atoms with Crippen LogP contribution in [-0.2, 0) is 0 Å². The highest BCUT2D eigenvalue weighted by Crippen LogP contribution is 2.41. The molecule has 0 aromatic heterocycles. The van der Waals surface area contributed by atoms with Crippen LogP contribution in [0.15, 0.2) is 24.3 Å². The summed E-state index contributed by atoms with van der Waals surface area (Å²) in [5.41, 5.74) is 1.30. The van der Waals surface area contributed by atoms with Crippen LogP contribution < -0.4 is 4.74 Å². The lowest BCUT2D eigenvalue weighted by Gasteiger charge is -2.37. The van der Waals surface area contributed by atoms with Crippen molar-refractivity contribution in [2.75, 3.05) is 5.33 Å². The minimum Gasteiger partial charge on any atom is -0.488 e. The summed E-state index contributed by atoms with van der Waals surface area (Å²) in [5, 5.41) is 1.01. The van der Waals surface area contributed by atoms with Crippen molar-refractivity contribution in [3.05, 3.63) is 29.8 Å². The van der Waals surface area contributed by atoms with Crippen LogP contribution in [-0.4, -0.2) is 10.9 Å². The van der Waals surface area contributed by atoms with Crippen molar-refractivity contribution in [2.24, 2.45) is 0 Å². The molecule has 1 aromatic carbocycles. The van der Waals surface area contributed by atoms with Crippen LogP contribution in [0, 0.1) is 0 Å². The van der Waals surface area contributed by atoms with Gasteiger partial charge >= 0.3 is 0 Å². The van der Waals surface area contributed by atoms with E-state index in [2.05, 4.69) is 48.0 Å². The van der Waals surface area contributed by atoms with E-state index in [1.807, 2.05) is 6.07 Å². The standard InChI is InChI=1S/C12H15BrO/c1-12(2)7-9(8-13)10-5-3-4-6-11(10)14-12/h3-6,9H,7-8H2,1-2H3. The summed E-state index contributed by atoms with van der Waals surface area (Å²) in [7, 11) is 0. The highest BCUT2D eigenvalue weighted by Gasteiger charge is 2.32. The Balaban J connectivity index is 2.41. The molecule has 0 radical (unpaired) electrons. The topological polar surface area (TPSA) is 9.23 Å². The molecular formula is C12H15BrO. The van der Waals surface area contributed by atoms with Crippen molar-refractivity contribution in [1.29, 1.82) is 0 Å². The van der Waals surface area contributed by atoms with Crippen LogP contribution in [0.1, 0.15) is 31.7 Å². The van der Waals surface area contributed by atoms with Gasteiger partial charge in [0.15, 0.2) is 0 Å². The zero-order valence-corrected chi connectivity index (χ0v) is 10.2. The van der Waals surface area contributed by atoms with Gasteiger partial charge in [0.1, 0.15) is 11.4 Å². The first kappa shape index (κ1) is 10.0. The van der Waals surface area contributed by atoms with Crippen LogP contribution in [0.5, 0.6) is 5.75 Å². The molecule has 0 fully saturated rings. The van der Waals surface area contributed by atoms with E-state index in [1.165, 1.54) is 5.56 Å². The van der Waals surface area contributed by atoms with Gasteiger partial charge in [0.05, 0.1) is 0 Å². The molecule has 1 aromatic rings. The van der Waals surface area contributed by atoms with E-state index in [9.17, 15) is 0 Å². The molecular weight excluding hydrogens is 240 g/mol. The molecule has 1 heterocycles. The summed E-state index contributed by atoms with van der Waals surface area (Å²) in [6.07, 6.45) is 1.08. The molecule has 0 N–H and O–H groups in total. The van der Waals surface area contributed by atoms with E-state index < -0.39 is 0 Å². The average molecular weight is 255 g/mol. The second kappa shape index (κ2) is 3.58. The fourth-order valence-electron chi connectivity index (χ4n) is 2.09. The van der Waals surface area contributed by atoms with Crippen molar-refractivity contribution in [1.82, 2.24) is 0 Å². The van der Waals surface area contributed by atoms with Crippen molar-refractivity contribution in [3.8, 4) is 5.75 Å². The van der Waals surface area contributed by atoms with Crippen molar-refractivity contribution in [3.63, 3.8) is 0 Å². The van der Waals surface area contributed by atoms with Crippen molar-refractivity contribution >= 4 is 15.9 Å². The summed E-state index contributed by atoms with van der Waals surface area (Å²) in [4.78, 5) is 0. The Kier molecular flexibility index (Phi) is 2.56. The maximum atomic E-state index is 5.93. The average Bonchev–Trinajstić information content (AvgIpc) is 2.15. The molecule has 1 nitrogen and oxygen atoms in total. The van der Waals surface area contributed by atoms with Crippen LogP contribution in [0.2, 0.25) is 0 Å². The van der Waals surface area contributed by atoms with Gasteiger partial charge in [0, 0.05) is 11.2 Å². The largest absolute Gasteiger partial charge is 0.488 e. The SMILES string of the molecule is CC1(C)CC(CBr)c2ccccc2O1. The molecule has 0 saturated heterocycles. The maximum Gasteiger partial charge on any atom is 0.123 e. The summed E-state index contributed by atoms with van der Waals surface area (Å²) in [5.74, 6) is 1.63. The molecule has 0 bridgehead atoms. The molecule has 1 aliphatic heterocycles. The van der Waals surface area contributed by atoms with Gasteiger partial charge in [0.25, 0.3) is 0 Å². The van der Waals surface area contributed by atoms with Gasteiger partial charge in [-0.2, -0.15) is 0 Å².